The minimum Gasteiger partial charge on any atom is -0.329 e. The van der Waals surface area contributed by atoms with Crippen LogP contribution >= 0.6 is 11.6 Å². The van der Waals surface area contributed by atoms with Crippen molar-refractivity contribution in [1.29, 1.82) is 0 Å². The molecule has 10 nitrogen and oxygen atoms in total. The van der Waals surface area contributed by atoms with Gasteiger partial charge in [-0.2, -0.15) is 0 Å². The second-order valence-corrected chi connectivity index (χ2v) is 12.7. The monoisotopic (exact) mass is 585 g/mol. The third-order valence-electron chi connectivity index (χ3n) is 7.61. The van der Waals surface area contributed by atoms with Crippen molar-refractivity contribution in [3.8, 4) is 0 Å². The SMILES string of the molecule is Cc1cnc(CONC(=O)[C@@H]2c3ccccc3C(=O)N([C@H]3CCCC[C@@H]3NS(C)(=O)=O)C2C2C=CC(Cl)=C2)cn1. The molecule has 2 aliphatic carbocycles. The Labute approximate surface area is 238 Å². The molecule has 1 saturated carbocycles. The van der Waals surface area contributed by atoms with E-state index in [1.54, 1.807) is 47.6 Å². The number of nitrogens with one attached hydrogen (secondary N) is 2. The molecule has 2 heterocycles. The summed E-state index contributed by atoms with van der Waals surface area (Å²) < 4.78 is 27.3. The summed E-state index contributed by atoms with van der Waals surface area (Å²) in [5.74, 6) is -1.85. The highest BCUT2D eigenvalue weighted by molar-refractivity contribution is 7.88. The van der Waals surface area contributed by atoms with Crippen LogP contribution in [0.3, 0.4) is 0 Å². The predicted molar refractivity (Wildman–Crippen MR) is 149 cm³/mol. The summed E-state index contributed by atoms with van der Waals surface area (Å²) in [6, 6.07) is 5.45. The van der Waals surface area contributed by atoms with Crippen molar-refractivity contribution in [2.24, 2.45) is 5.92 Å². The van der Waals surface area contributed by atoms with Crippen LogP contribution in [0.4, 0.5) is 0 Å². The Kier molecular flexibility index (Phi) is 8.37. The number of carbonyl (C=O) groups excluding carboxylic acids is 2. The molecule has 2 aromatic rings. The number of aromatic nitrogens is 2. The van der Waals surface area contributed by atoms with Crippen LogP contribution in [-0.4, -0.2) is 59.5 Å². The first-order valence-electron chi connectivity index (χ1n) is 13.3. The van der Waals surface area contributed by atoms with Gasteiger partial charge in [-0.05, 0) is 37.5 Å². The Morgan fingerprint density at radius 2 is 1.95 bits per heavy atom. The fraction of sp³-hybridized carbons (Fsp3) is 0.429. The first kappa shape index (κ1) is 28.4. The number of allylic oxidation sites excluding steroid dienone is 2. The lowest BCUT2D eigenvalue weighted by atomic mass is 9.74. The molecule has 2 N–H and O–H groups in total. The normalized spacial score (nSPS) is 26.4. The van der Waals surface area contributed by atoms with Gasteiger partial charge in [0.15, 0.2) is 0 Å². The van der Waals surface area contributed by atoms with Crippen molar-refractivity contribution < 1.29 is 22.8 Å². The Hall–Kier alpha value is -3.12. The number of amides is 2. The minimum atomic E-state index is -3.53. The van der Waals surface area contributed by atoms with Crippen LogP contribution in [0, 0.1) is 12.8 Å². The molecule has 212 valence electrons. The molecule has 2 unspecified atom stereocenters. The van der Waals surface area contributed by atoms with Crippen molar-refractivity contribution in [1.82, 2.24) is 25.1 Å². The van der Waals surface area contributed by atoms with Gasteiger partial charge in [-0.1, -0.05) is 54.8 Å². The number of aryl methyl sites for hydroxylation is 1. The Morgan fingerprint density at radius 1 is 1.18 bits per heavy atom. The van der Waals surface area contributed by atoms with Gasteiger partial charge in [-0.3, -0.25) is 24.4 Å². The molecular weight excluding hydrogens is 554 g/mol. The molecule has 1 aliphatic heterocycles. The first-order valence-corrected chi connectivity index (χ1v) is 15.5. The third kappa shape index (κ3) is 6.12. The maximum absolute atomic E-state index is 14.2. The zero-order chi connectivity index (χ0) is 28.4. The van der Waals surface area contributed by atoms with Crippen LogP contribution < -0.4 is 10.2 Å². The van der Waals surface area contributed by atoms with Crippen LogP contribution in [0.1, 0.15) is 58.9 Å². The average Bonchev–Trinajstić information content (AvgIpc) is 3.35. The van der Waals surface area contributed by atoms with E-state index in [0.29, 0.717) is 34.7 Å². The number of halogens is 1. The summed E-state index contributed by atoms with van der Waals surface area (Å²) in [6.45, 7) is 1.84. The van der Waals surface area contributed by atoms with Crippen LogP contribution in [0.5, 0.6) is 0 Å². The molecule has 12 heteroatoms. The van der Waals surface area contributed by atoms with E-state index in [1.165, 1.54) is 0 Å². The zero-order valence-corrected chi connectivity index (χ0v) is 23.9. The molecule has 40 heavy (non-hydrogen) atoms. The maximum atomic E-state index is 14.2. The van der Waals surface area contributed by atoms with Gasteiger partial charge >= 0.3 is 0 Å². The van der Waals surface area contributed by atoms with E-state index >= 15 is 0 Å². The molecule has 0 bridgehead atoms. The van der Waals surface area contributed by atoms with Crippen LogP contribution in [0.2, 0.25) is 0 Å². The van der Waals surface area contributed by atoms with Crippen molar-refractivity contribution in [3.63, 3.8) is 0 Å². The quantitative estimate of drug-likeness (QED) is 0.455. The van der Waals surface area contributed by atoms with Gasteiger partial charge in [0.05, 0.1) is 35.8 Å². The second kappa shape index (κ2) is 11.8. The summed E-state index contributed by atoms with van der Waals surface area (Å²) >= 11 is 6.34. The predicted octanol–water partition coefficient (Wildman–Crippen LogP) is 3.11. The van der Waals surface area contributed by atoms with Gasteiger partial charge < -0.3 is 4.90 Å². The van der Waals surface area contributed by atoms with Gasteiger partial charge in [0.1, 0.15) is 6.61 Å². The van der Waals surface area contributed by atoms with E-state index in [2.05, 4.69) is 20.2 Å². The Balaban J connectivity index is 1.52. The summed E-state index contributed by atoms with van der Waals surface area (Å²) in [6.07, 6.45) is 12.6. The van der Waals surface area contributed by atoms with Gasteiger partial charge in [0.25, 0.3) is 11.8 Å². The fourth-order valence-electron chi connectivity index (χ4n) is 5.96. The lowest BCUT2D eigenvalue weighted by molar-refractivity contribution is -0.138. The van der Waals surface area contributed by atoms with Crippen LogP contribution in [0.15, 0.2) is 59.9 Å². The zero-order valence-electron chi connectivity index (χ0n) is 22.3. The second-order valence-electron chi connectivity index (χ2n) is 10.5. The lowest BCUT2D eigenvalue weighted by Gasteiger charge is -2.50. The van der Waals surface area contributed by atoms with Gasteiger partial charge in [-0.25, -0.2) is 18.6 Å². The number of hydrogen-bond acceptors (Lipinski definition) is 7. The average molecular weight is 586 g/mol. The molecule has 5 atom stereocenters. The molecule has 2 amide bonds. The summed E-state index contributed by atoms with van der Waals surface area (Å²) in [7, 11) is -3.53. The Morgan fingerprint density at radius 3 is 2.65 bits per heavy atom. The van der Waals surface area contributed by atoms with Crippen molar-refractivity contribution in [2.75, 3.05) is 6.26 Å². The van der Waals surface area contributed by atoms with Gasteiger partial charge in [0, 0.05) is 34.8 Å². The standard InChI is InChI=1S/C28H32ClN5O5S/c1-17-14-31-20(15-30-17)16-39-32-27(35)25-21-7-3-4-8-22(21)28(36)34(26(25)18-11-12-19(29)13-18)24-10-6-5-9-23(24)33-40(2,37)38/h3-4,7-8,11-15,18,23-26,33H,5-6,9-10,16H2,1-2H3,(H,32,35)/t18?,23-,24-,25+,26?/m0/s1. The van der Waals surface area contributed by atoms with Crippen molar-refractivity contribution in [3.05, 3.63) is 82.4 Å². The van der Waals surface area contributed by atoms with E-state index in [4.69, 9.17) is 16.4 Å². The van der Waals surface area contributed by atoms with Gasteiger partial charge in [0.2, 0.25) is 10.0 Å². The highest BCUT2D eigenvalue weighted by Crippen LogP contribution is 2.43. The fourth-order valence-corrected chi connectivity index (χ4v) is 7.01. The number of benzene rings is 1. The number of hydroxylamine groups is 1. The molecule has 1 aromatic heterocycles. The van der Waals surface area contributed by atoms with E-state index in [0.717, 1.165) is 24.8 Å². The van der Waals surface area contributed by atoms with E-state index in [-0.39, 0.29) is 18.4 Å². The maximum Gasteiger partial charge on any atom is 0.254 e. The molecule has 5 rings (SSSR count). The molecule has 3 aliphatic rings. The number of rotatable bonds is 8. The molecule has 0 radical (unpaired) electrons. The van der Waals surface area contributed by atoms with E-state index < -0.39 is 40.0 Å². The minimum absolute atomic E-state index is 0.0126. The topological polar surface area (TPSA) is 131 Å². The number of fused-ring (bicyclic) bond motifs is 1. The van der Waals surface area contributed by atoms with Crippen molar-refractivity contribution >= 4 is 33.4 Å². The summed E-state index contributed by atoms with van der Waals surface area (Å²) in [4.78, 5) is 43.8. The number of carbonyl (C=O) groups is 2. The first-order chi connectivity index (χ1) is 19.1. The molecule has 0 spiro atoms. The molecule has 0 saturated heterocycles. The highest BCUT2D eigenvalue weighted by Gasteiger charge is 2.50. The third-order valence-corrected chi connectivity index (χ3v) is 8.59. The Bertz CT molecular complexity index is 1450. The van der Waals surface area contributed by atoms with Gasteiger partial charge in [-0.15, -0.1) is 0 Å². The highest BCUT2D eigenvalue weighted by atomic mass is 35.5. The molecule has 1 aromatic carbocycles. The van der Waals surface area contributed by atoms with Crippen molar-refractivity contribution in [2.45, 2.75) is 63.3 Å². The van der Waals surface area contributed by atoms with E-state index in [1.807, 2.05) is 19.1 Å². The summed E-state index contributed by atoms with van der Waals surface area (Å²) in [5.41, 5.74) is 4.88. The lowest BCUT2D eigenvalue weighted by Crippen LogP contribution is -2.63. The van der Waals surface area contributed by atoms with Crippen LogP contribution in [0.25, 0.3) is 0 Å². The number of nitrogens with zero attached hydrogens (tertiary/aromatic N) is 3. The largest absolute Gasteiger partial charge is 0.329 e. The van der Waals surface area contributed by atoms with E-state index in [9.17, 15) is 18.0 Å². The number of hydrogen-bond donors (Lipinski definition) is 2. The molecule has 1 fully saturated rings. The number of sulfonamides is 1. The smallest absolute Gasteiger partial charge is 0.254 e. The van der Waals surface area contributed by atoms with Crippen LogP contribution in [-0.2, 0) is 26.3 Å². The summed E-state index contributed by atoms with van der Waals surface area (Å²) in [5, 5.41) is 0.513. The molecular formula is C28H32ClN5O5S.